The van der Waals surface area contributed by atoms with Crippen LogP contribution in [0, 0.1) is 11.6 Å². The fraction of sp³-hybridized carbons (Fsp3) is 0.235. The van der Waals surface area contributed by atoms with Gasteiger partial charge in [0.2, 0.25) is 0 Å². The number of hydrogen-bond donors (Lipinski definition) is 0. The standard InChI is InChI=1S/C17H14BrF2N5/c18-12-3-1-2-11(8-12)10-24-6-7-25-17(21-22-23-25)16(24)14-9-13(19)4-5-15(14)20/h1-5,8-9,16H,6-7,10H2. The SMILES string of the molecule is Fc1ccc(F)c(C2c3nnnn3CCN2Cc2cccc(Br)c2)c1. The third kappa shape index (κ3) is 3.19. The molecule has 2 aromatic carbocycles. The van der Waals surface area contributed by atoms with Crippen molar-refractivity contribution in [2.75, 3.05) is 6.54 Å². The summed E-state index contributed by atoms with van der Waals surface area (Å²) in [6, 6.07) is 10.8. The average Bonchev–Trinajstić information content (AvgIpc) is 3.06. The summed E-state index contributed by atoms with van der Waals surface area (Å²) in [5.74, 6) is -0.434. The molecule has 0 N–H and O–H groups in total. The van der Waals surface area contributed by atoms with Crippen LogP contribution >= 0.6 is 15.9 Å². The molecule has 1 atom stereocenters. The molecule has 5 nitrogen and oxygen atoms in total. The van der Waals surface area contributed by atoms with E-state index in [1.54, 1.807) is 4.68 Å². The van der Waals surface area contributed by atoms with Gasteiger partial charge in [-0.25, -0.2) is 13.5 Å². The number of halogens is 3. The molecule has 0 fully saturated rings. The lowest BCUT2D eigenvalue weighted by Gasteiger charge is -2.35. The van der Waals surface area contributed by atoms with Crippen molar-refractivity contribution < 1.29 is 8.78 Å². The van der Waals surface area contributed by atoms with Crippen LogP contribution in [-0.4, -0.2) is 31.7 Å². The van der Waals surface area contributed by atoms with Crippen LogP contribution in [0.5, 0.6) is 0 Å². The van der Waals surface area contributed by atoms with Gasteiger partial charge in [-0.05, 0) is 46.3 Å². The first-order valence-electron chi connectivity index (χ1n) is 7.81. The minimum Gasteiger partial charge on any atom is -0.283 e. The van der Waals surface area contributed by atoms with E-state index in [1.165, 1.54) is 6.07 Å². The van der Waals surface area contributed by atoms with Crippen LogP contribution in [0.25, 0.3) is 0 Å². The predicted octanol–water partition coefficient (Wildman–Crippen LogP) is 3.32. The maximum Gasteiger partial charge on any atom is 0.173 e. The molecule has 0 aliphatic carbocycles. The van der Waals surface area contributed by atoms with E-state index in [0.717, 1.165) is 22.2 Å². The maximum atomic E-state index is 14.5. The zero-order valence-corrected chi connectivity index (χ0v) is 14.7. The van der Waals surface area contributed by atoms with Crippen molar-refractivity contribution in [1.82, 2.24) is 25.1 Å². The quantitative estimate of drug-likeness (QED) is 0.670. The van der Waals surface area contributed by atoms with Crippen molar-refractivity contribution >= 4 is 15.9 Å². The van der Waals surface area contributed by atoms with E-state index < -0.39 is 17.7 Å². The van der Waals surface area contributed by atoms with Crippen LogP contribution in [0.3, 0.4) is 0 Å². The first kappa shape index (κ1) is 16.3. The first-order chi connectivity index (χ1) is 12.1. The van der Waals surface area contributed by atoms with Gasteiger partial charge >= 0.3 is 0 Å². The molecule has 1 aromatic heterocycles. The number of fused-ring (bicyclic) bond motifs is 1. The number of benzene rings is 2. The monoisotopic (exact) mass is 405 g/mol. The Balaban J connectivity index is 1.76. The lowest BCUT2D eigenvalue weighted by Crippen LogP contribution is -2.39. The van der Waals surface area contributed by atoms with E-state index in [9.17, 15) is 8.78 Å². The summed E-state index contributed by atoms with van der Waals surface area (Å²) in [4.78, 5) is 2.06. The number of nitrogens with zero attached hydrogens (tertiary/aromatic N) is 5. The van der Waals surface area contributed by atoms with Gasteiger partial charge in [-0.3, -0.25) is 4.90 Å². The summed E-state index contributed by atoms with van der Waals surface area (Å²) >= 11 is 3.46. The van der Waals surface area contributed by atoms with Crippen LogP contribution < -0.4 is 0 Å². The normalized spacial score (nSPS) is 17.5. The third-order valence-corrected chi connectivity index (χ3v) is 4.79. The summed E-state index contributed by atoms with van der Waals surface area (Å²) in [5.41, 5.74) is 1.31. The van der Waals surface area contributed by atoms with Gasteiger partial charge in [-0.1, -0.05) is 28.1 Å². The predicted molar refractivity (Wildman–Crippen MR) is 90.6 cm³/mol. The van der Waals surface area contributed by atoms with E-state index in [4.69, 9.17) is 0 Å². The fourth-order valence-corrected chi connectivity index (χ4v) is 3.63. The highest BCUT2D eigenvalue weighted by Gasteiger charge is 2.33. The summed E-state index contributed by atoms with van der Waals surface area (Å²) in [6.07, 6.45) is 0. The smallest absolute Gasteiger partial charge is 0.173 e. The Labute approximate surface area is 151 Å². The van der Waals surface area contributed by atoms with Crippen molar-refractivity contribution in [3.63, 3.8) is 0 Å². The Morgan fingerprint density at radius 3 is 2.84 bits per heavy atom. The van der Waals surface area contributed by atoms with Crippen LogP contribution in [0.2, 0.25) is 0 Å². The van der Waals surface area contributed by atoms with E-state index in [1.807, 2.05) is 24.3 Å². The Morgan fingerprint density at radius 1 is 1.12 bits per heavy atom. The third-order valence-electron chi connectivity index (χ3n) is 4.30. The van der Waals surface area contributed by atoms with Crippen molar-refractivity contribution in [2.24, 2.45) is 0 Å². The van der Waals surface area contributed by atoms with Gasteiger partial charge in [-0.15, -0.1) is 5.10 Å². The topological polar surface area (TPSA) is 46.8 Å². The zero-order chi connectivity index (χ0) is 17.4. The van der Waals surface area contributed by atoms with Gasteiger partial charge in [0, 0.05) is 23.1 Å². The molecular formula is C17H14BrF2N5. The summed E-state index contributed by atoms with van der Waals surface area (Å²) in [7, 11) is 0. The van der Waals surface area contributed by atoms with Crippen LogP contribution in [0.4, 0.5) is 8.78 Å². The largest absolute Gasteiger partial charge is 0.283 e. The summed E-state index contributed by atoms with van der Waals surface area (Å²) in [5, 5.41) is 11.7. The van der Waals surface area contributed by atoms with Gasteiger partial charge in [-0.2, -0.15) is 0 Å². The molecule has 1 aliphatic heterocycles. The van der Waals surface area contributed by atoms with Crippen molar-refractivity contribution in [2.45, 2.75) is 19.1 Å². The van der Waals surface area contributed by atoms with Crippen molar-refractivity contribution in [1.29, 1.82) is 0 Å². The first-order valence-corrected chi connectivity index (χ1v) is 8.60. The molecule has 0 saturated carbocycles. The van der Waals surface area contributed by atoms with Gasteiger partial charge in [0.25, 0.3) is 0 Å². The Hall–Kier alpha value is -2.19. The number of aromatic nitrogens is 4. The second-order valence-corrected chi connectivity index (χ2v) is 6.84. The highest BCUT2D eigenvalue weighted by atomic mass is 79.9. The molecule has 4 rings (SSSR count). The number of hydrogen-bond acceptors (Lipinski definition) is 4. The van der Waals surface area contributed by atoms with Crippen molar-refractivity contribution in [3.05, 3.63) is 75.5 Å². The minimum atomic E-state index is -0.543. The molecule has 2 heterocycles. The van der Waals surface area contributed by atoms with Crippen LogP contribution in [0.1, 0.15) is 23.0 Å². The molecule has 128 valence electrons. The van der Waals surface area contributed by atoms with Gasteiger partial charge in [0.1, 0.15) is 17.7 Å². The molecule has 3 aromatic rings. The molecule has 0 radical (unpaired) electrons. The molecule has 25 heavy (non-hydrogen) atoms. The zero-order valence-electron chi connectivity index (χ0n) is 13.1. The highest BCUT2D eigenvalue weighted by Crippen LogP contribution is 2.33. The molecule has 1 unspecified atom stereocenters. The number of rotatable bonds is 3. The second-order valence-electron chi connectivity index (χ2n) is 5.93. The summed E-state index contributed by atoms with van der Waals surface area (Å²) in [6.45, 7) is 1.81. The Bertz CT molecular complexity index is 914. The molecular weight excluding hydrogens is 392 g/mol. The van der Waals surface area contributed by atoms with Gasteiger partial charge < -0.3 is 0 Å². The molecule has 0 spiro atoms. The Kier molecular flexibility index (Phi) is 4.30. The second kappa shape index (κ2) is 6.61. The van der Waals surface area contributed by atoms with Crippen LogP contribution in [-0.2, 0) is 13.1 Å². The lowest BCUT2D eigenvalue weighted by molar-refractivity contribution is 0.161. The summed E-state index contributed by atoms with van der Waals surface area (Å²) < 4.78 is 30.8. The van der Waals surface area contributed by atoms with Crippen molar-refractivity contribution in [3.8, 4) is 0 Å². The maximum absolute atomic E-state index is 14.5. The van der Waals surface area contributed by atoms with E-state index in [0.29, 0.717) is 25.5 Å². The molecule has 0 amide bonds. The number of tetrazole rings is 1. The molecule has 1 aliphatic rings. The molecule has 0 saturated heterocycles. The lowest BCUT2D eigenvalue weighted by atomic mass is 10.0. The minimum absolute atomic E-state index is 0.241. The Morgan fingerprint density at radius 2 is 2.00 bits per heavy atom. The van der Waals surface area contributed by atoms with Gasteiger partial charge in [0.05, 0.1) is 6.54 Å². The average molecular weight is 406 g/mol. The van der Waals surface area contributed by atoms with E-state index >= 15 is 0 Å². The molecule has 0 bridgehead atoms. The van der Waals surface area contributed by atoms with E-state index in [-0.39, 0.29) is 5.56 Å². The fourth-order valence-electron chi connectivity index (χ4n) is 3.18. The highest BCUT2D eigenvalue weighted by molar-refractivity contribution is 9.10. The van der Waals surface area contributed by atoms with E-state index in [2.05, 4.69) is 36.4 Å². The van der Waals surface area contributed by atoms with Gasteiger partial charge in [0.15, 0.2) is 5.82 Å². The molecule has 8 heteroatoms. The van der Waals surface area contributed by atoms with Crippen LogP contribution in [0.15, 0.2) is 46.9 Å².